The molecule has 0 spiro atoms. The Hall–Kier alpha value is -2.80. The lowest BCUT2D eigenvalue weighted by atomic mass is 10.1. The van der Waals surface area contributed by atoms with Crippen LogP contribution in [-0.4, -0.2) is 15.9 Å². The quantitative estimate of drug-likeness (QED) is 0.503. The molecule has 7 heteroatoms. The van der Waals surface area contributed by atoms with Gasteiger partial charge in [0.05, 0.1) is 4.92 Å². The predicted molar refractivity (Wildman–Crippen MR) is 97.3 cm³/mol. The summed E-state index contributed by atoms with van der Waals surface area (Å²) < 4.78 is 0. The number of benzene rings is 2. The summed E-state index contributed by atoms with van der Waals surface area (Å²) in [4.78, 5) is 22.3. The van der Waals surface area contributed by atoms with Crippen LogP contribution in [0, 0.1) is 17.0 Å². The highest BCUT2D eigenvalue weighted by Crippen LogP contribution is 2.21. The van der Waals surface area contributed by atoms with Crippen molar-refractivity contribution < 1.29 is 9.72 Å². The molecule has 1 amide bonds. The monoisotopic (exact) mass is 343 g/mol. The Balaban J connectivity index is 2.07. The summed E-state index contributed by atoms with van der Waals surface area (Å²) in [6, 6.07) is 11.3. The van der Waals surface area contributed by atoms with Crippen molar-refractivity contribution in [2.75, 3.05) is 5.32 Å². The van der Waals surface area contributed by atoms with Crippen LogP contribution in [0.4, 0.5) is 11.4 Å². The van der Waals surface area contributed by atoms with Crippen molar-refractivity contribution in [2.24, 2.45) is 0 Å². The van der Waals surface area contributed by atoms with E-state index in [-0.39, 0.29) is 10.8 Å². The first kappa shape index (κ1) is 17.6. The average Bonchev–Trinajstić information content (AvgIpc) is 2.56. The molecule has 6 nitrogen and oxygen atoms in total. The number of rotatable bonds is 4. The van der Waals surface area contributed by atoms with E-state index in [9.17, 15) is 14.9 Å². The van der Waals surface area contributed by atoms with Crippen LogP contribution in [0.5, 0.6) is 0 Å². The summed E-state index contributed by atoms with van der Waals surface area (Å²) >= 11 is 5.20. The van der Waals surface area contributed by atoms with E-state index in [1.807, 2.05) is 32.0 Å². The normalized spacial score (nSPS) is 10.1. The van der Waals surface area contributed by atoms with Crippen molar-refractivity contribution >= 4 is 34.6 Å². The van der Waals surface area contributed by atoms with Crippen molar-refractivity contribution in [1.82, 2.24) is 5.32 Å². The minimum atomic E-state index is -0.516. The van der Waals surface area contributed by atoms with Gasteiger partial charge in [-0.2, -0.15) is 0 Å². The summed E-state index contributed by atoms with van der Waals surface area (Å²) in [5.41, 5.74) is 3.24. The molecule has 2 N–H and O–H groups in total. The fourth-order valence-electron chi connectivity index (χ4n) is 2.26. The van der Waals surface area contributed by atoms with Crippen LogP contribution in [0.2, 0.25) is 0 Å². The molecule has 0 saturated heterocycles. The first-order valence-electron chi connectivity index (χ1n) is 7.37. The molecular formula is C17H17N3O3S. The Morgan fingerprint density at radius 2 is 1.88 bits per heavy atom. The number of carbonyl (C=O) groups excluding carboxylic acids is 1. The maximum atomic E-state index is 12.2. The van der Waals surface area contributed by atoms with Gasteiger partial charge in [0.25, 0.3) is 11.6 Å². The topological polar surface area (TPSA) is 84.3 Å². The third kappa shape index (κ3) is 4.14. The summed E-state index contributed by atoms with van der Waals surface area (Å²) in [7, 11) is 0. The molecule has 0 heterocycles. The first-order chi connectivity index (χ1) is 11.4. The van der Waals surface area contributed by atoms with E-state index in [1.165, 1.54) is 24.3 Å². The lowest BCUT2D eigenvalue weighted by molar-refractivity contribution is -0.384. The molecule has 0 unspecified atom stereocenters. The second-order valence-electron chi connectivity index (χ2n) is 5.17. The van der Waals surface area contributed by atoms with E-state index < -0.39 is 10.8 Å². The van der Waals surface area contributed by atoms with Gasteiger partial charge in [-0.25, -0.2) is 0 Å². The molecule has 0 aliphatic rings. The van der Waals surface area contributed by atoms with Crippen molar-refractivity contribution in [2.45, 2.75) is 20.3 Å². The van der Waals surface area contributed by atoms with Crippen molar-refractivity contribution in [3.8, 4) is 0 Å². The maximum Gasteiger partial charge on any atom is 0.269 e. The van der Waals surface area contributed by atoms with Crippen LogP contribution in [-0.2, 0) is 6.42 Å². The molecule has 2 aromatic rings. The Morgan fingerprint density at radius 1 is 1.21 bits per heavy atom. The minimum Gasteiger partial charge on any atom is -0.332 e. The highest BCUT2D eigenvalue weighted by atomic mass is 32.1. The largest absolute Gasteiger partial charge is 0.332 e. The number of anilines is 1. The fraction of sp³-hybridized carbons (Fsp3) is 0.176. The van der Waals surface area contributed by atoms with E-state index >= 15 is 0 Å². The number of thiocarbonyl (C=S) groups is 1. The number of aryl methyl sites for hydroxylation is 2. The number of non-ortho nitro benzene ring substituents is 1. The molecule has 0 aromatic heterocycles. The van der Waals surface area contributed by atoms with Crippen molar-refractivity contribution in [3.63, 3.8) is 0 Å². The maximum absolute atomic E-state index is 12.2. The van der Waals surface area contributed by atoms with Crippen molar-refractivity contribution in [1.29, 1.82) is 0 Å². The highest BCUT2D eigenvalue weighted by molar-refractivity contribution is 7.80. The molecule has 0 aliphatic carbocycles. The molecule has 0 radical (unpaired) electrons. The molecule has 24 heavy (non-hydrogen) atoms. The number of nitro groups is 1. The van der Waals surface area contributed by atoms with E-state index in [2.05, 4.69) is 10.6 Å². The minimum absolute atomic E-state index is 0.0697. The molecule has 0 fully saturated rings. The number of nitro benzene ring substituents is 1. The zero-order valence-corrected chi connectivity index (χ0v) is 14.1. The Morgan fingerprint density at radius 3 is 2.46 bits per heavy atom. The SMILES string of the molecule is CCc1cccc(C)c1NC(=S)NC(=O)c1ccc([N+](=O)[O-])cc1. The van der Waals surface area contributed by atoms with Crippen LogP contribution >= 0.6 is 12.2 Å². The Labute approximate surface area is 145 Å². The summed E-state index contributed by atoms with van der Waals surface area (Å²) in [6.45, 7) is 4.00. The van der Waals surface area contributed by atoms with Crippen LogP contribution in [0.25, 0.3) is 0 Å². The third-order valence-corrected chi connectivity index (χ3v) is 3.75. The smallest absolute Gasteiger partial charge is 0.269 e. The van der Waals surface area contributed by atoms with Gasteiger partial charge in [-0.1, -0.05) is 25.1 Å². The zero-order chi connectivity index (χ0) is 17.7. The Bertz CT molecular complexity index is 788. The van der Waals surface area contributed by atoms with Gasteiger partial charge < -0.3 is 5.32 Å². The summed E-state index contributed by atoms with van der Waals surface area (Å²) in [5.74, 6) is -0.422. The van der Waals surface area contributed by atoms with E-state index in [1.54, 1.807) is 0 Å². The van der Waals surface area contributed by atoms with E-state index in [0.29, 0.717) is 5.56 Å². The van der Waals surface area contributed by atoms with Gasteiger partial charge >= 0.3 is 0 Å². The molecule has 124 valence electrons. The van der Waals surface area contributed by atoms with Gasteiger partial charge in [0.2, 0.25) is 0 Å². The third-order valence-electron chi connectivity index (χ3n) is 3.55. The number of carbonyl (C=O) groups is 1. The predicted octanol–water partition coefficient (Wildman–Crippen LogP) is 3.59. The van der Waals surface area contributed by atoms with Gasteiger partial charge in [0.1, 0.15) is 0 Å². The summed E-state index contributed by atoms with van der Waals surface area (Å²) in [6.07, 6.45) is 0.836. The number of hydrogen-bond acceptors (Lipinski definition) is 4. The van der Waals surface area contributed by atoms with Gasteiger partial charge in [0, 0.05) is 23.4 Å². The number of hydrogen-bond donors (Lipinski definition) is 2. The van der Waals surface area contributed by atoms with Crippen LogP contribution in [0.1, 0.15) is 28.4 Å². The molecule has 0 aliphatic heterocycles. The van der Waals surface area contributed by atoms with Gasteiger partial charge in [0.15, 0.2) is 5.11 Å². The first-order valence-corrected chi connectivity index (χ1v) is 7.78. The number of nitrogens with zero attached hydrogens (tertiary/aromatic N) is 1. The second kappa shape index (κ2) is 7.65. The molecule has 2 aromatic carbocycles. The van der Waals surface area contributed by atoms with Gasteiger partial charge in [-0.05, 0) is 48.8 Å². The molecule has 2 rings (SSSR count). The second-order valence-corrected chi connectivity index (χ2v) is 5.58. The fourth-order valence-corrected chi connectivity index (χ4v) is 2.45. The van der Waals surface area contributed by atoms with E-state index in [4.69, 9.17) is 12.2 Å². The average molecular weight is 343 g/mol. The molecule has 0 atom stereocenters. The number of amides is 1. The highest BCUT2D eigenvalue weighted by Gasteiger charge is 2.12. The molecule has 0 saturated carbocycles. The Kier molecular flexibility index (Phi) is 5.59. The van der Waals surface area contributed by atoms with Crippen LogP contribution in [0.3, 0.4) is 0 Å². The van der Waals surface area contributed by atoms with Gasteiger partial charge in [-0.15, -0.1) is 0 Å². The zero-order valence-electron chi connectivity index (χ0n) is 13.3. The standard InChI is InChI=1S/C17H17N3O3S/c1-3-12-6-4-5-11(2)15(12)18-17(24)19-16(21)13-7-9-14(10-8-13)20(22)23/h4-10H,3H2,1-2H3,(H2,18,19,21,24). The molecule has 0 bridgehead atoms. The van der Waals surface area contributed by atoms with Crippen molar-refractivity contribution in [3.05, 3.63) is 69.3 Å². The lowest BCUT2D eigenvalue weighted by Gasteiger charge is -2.15. The number of para-hydroxylation sites is 1. The molecular weight excluding hydrogens is 326 g/mol. The number of nitrogens with one attached hydrogen (secondary N) is 2. The van der Waals surface area contributed by atoms with Crippen LogP contribution < -0.4 is 10.6 Å². The van der Waals surface area contributed by atoms with E-state index in [0.717, 1.165) is 23.2 Å². The lowest BCUT2D eigenvalue weighted by Crippen LogP contribution is -2.34. The summed E-state index contributed by atoms with van der Waals surface area (Å²) in [5, 5.41) is 16.4. The van der Waals surface area contributed by atoms with Gasteiger partial charge in [-0.3, -0.25) is 20.2 Å². The van der Waals surface area contributed by atoms with Crippen LogP contribution in [0.15, 0.2) is 42.5 Å².